The lowest BCUT2D eigenvalue weighted by atomic mass is 10.2. The van der Waals surface area contributed by atoms with Crippen LogP contribution in [-0.4, -0.2) is 56.6 Å². The van der Waals surface area contributed by atoms with Gasteiger partial charge in [-0.3, -0.25) is 24.5 Å². The number of hydrogen-bond donors (Lipinski definition) is 0. The maximum Gasteiger partial charge on any atom is 0.309 e. The zero-order chi connectivity index (χ0) is 19.4. The number of hydrogen-bond acceptors (Lipinski definition) is 5. The largest absolute Gasteiger partial charge is 0.340 e. The van der Waals surface area contributed by atoms with E-state index in [1.54, 1.807) is 19.1 Å². The van der Waals surface area contributed by atoms with Crippen LogP contribution in [0.15, 0.2) is 30.5 Å². The Morgan fingerprint density at radius 3 is 2.48 bits per heavy atom. The van der Waals surface area contributed by atoms with Crippen molar-refractivity contribution < 1.29 is 14.1 Å². The van der Waals surface area contributed by atoms with Gasteiger partial charge in [0.05, 0.1) is 4.92 Å². The van der Waals surface area contributed by atoms with Gasteiger partial charge in [-0.1, -0.05) is 12.1 Å². The SMILES string of the molecule is Cc1nn(CCC(=O)N2CCN(Cc3ccc(F)cc3)CC2)cc1[N+](=O)[O-]. The zero-order valence-electron chi connectivity index (χ0n) is 15.2. The molecule has 0 aliphatic carbocycles. The lowest BCUT2D eigenvalue weighted by Crippen LogP contribution is -2.48. The topological polar surface area (TPSA) is 84.5 Å². The number of aryl methyl sites for hydroxylation is 2. The van der Waals surface area contributed by atoms with Crippen molar-refractivity contribution >= 4 is 11.6 Å². The second kappa shape index (κ2) is 8.26. The Balaban J connectivity index is 1.45. The minimum atomic E-state index is -0.471. The van der Waals surface area contributed by atoms with Crippen molar-refractivity contribution in [2.24, 2.45) is 0 Å². The van der Waals surface area contributed by atoms with Gasteiger partial charge >= 0.3 is 5.69 Å². The van der Waals surface area contributed by atoms with Crippen LogP contribution in [0.25, 0.3) is 0 Å². The first kappa shape index (κ1) is 19.0. The average molecular weight is 375 g/mol. The van der Waals surface area contributed by atoms with Gasteiger partial charge in [-0.05, 0) is 24.6 Å². The van der Waals surface area contributed by atoms with Crippen LogP contribution in [0.5, 0.6) is 0 Å². The van der Waals surface area contributed by atoms with E-state index in [-0.39, 0.29) is 23.8 Å². The van der Waals surface area contributed by atoms with E-state index in [9.17, 15) is 19.3 Å². The van der Waals surface area contributed by atoms with Crippen LogP contribution in [0, 0.1) is 22.9 Å². The summed E-state index contributed by atoms with van der Waals surface area (Å²) in [6, 6.07) is 6.46. The quantitative estimate of drug-likeness (QED) is 0.569. The number of nitrogens with zero attached hydrogens (tertiary/aromatic N) is 5. The van der Waals surface area contributed by atoms with Crippen LogP contribution in [0.1, 0.15) is 17.7 Å². The summed E-state index contributed by atoms with van der Waals surface area (Å²) in [7, 11) is 0. The molecule has 8 nitrogen and oxygen atoms in total. The smallest absolute Gasteiger partial charge is 0.309 e. The summed E-state index contributed by atoms with van der Waals surface area (Å²) in [5.41, 5.74) is 1.37. The lowest BCUT2D eigenvalue weighted by molar-refractivity contribution is -0.385. The Hall–Kier alpha value is -2.81. The van der Waals surface area contributed by atoms with Crippen molar-refractivity contribution in [3.8, 4) is 0 Å². The van der Waals surface area contributed by atoms with Gasteiger partial charge in [-0.15, -0.1) is 0 Å². The van der Waals surface area contributed by atoms with E-state index in [1.165, 1.54) is 23.0 Å². The number of carbonyl (C=O) groups excluding carboxylic acids is 1. The maximum atomic E-state index is 13.0. The Morgan fingerprint density at radius 2 is 1.89 bits per heavy atom. The second-order valence-electron chi connectivity index (χ2n) is 6.65. The summed E-state index contributed by atoms with van der Waals surface area (Å²) in [5, 5.41) is 14.9. The fraction of sp³-hybridized carbons (Fsp3) is 0.444. The molecular formula is C18H22FN5O3. The molecule has 1 amide bonds. The second-order valence-corrected chi connectivity index (χ2v) is 6.65. The molecule has 1 aromatic carbocycles. The molecule has 144 valence electrons. The van der Waals surface area contributed by atoms with E-state index in [2.05, 4.69) is 10.00 Å². The molecule has 1 aliphatic rings. The van der Waals surface area contributed by atoms with E-state index in [0.717, 1.165) is 25.2 Å². The molecule has 1 aliphatic heterocycles. The molecule has 1 fully saturated rings. The Labute approximate surface area is 156 Å². The van der Waals surface area contributed by atoms with Crippen molar-refractivity contribution in [2.45, 2.75) is 26.4 Å². The molecule has 0 bridgehead atoms. The highest BCUT2D eigenvalue weighted by Gasteiger charge is 2.22. The van der Waals surface area contributed by atoms with E-state index >= 15 is 0 Å². The molecule has 0 saturated carbocycles. The van der Waals surface area contributed by atoms with Crippen LogP contribution < -0.4 is 0 Å². The third kappa shape index (κ3) is 4.88. The number of piperazine rings is 1. The fourth-order valence-corrected chi connectivity index (χ4v) is 3.17. The van der Waals surface area contributed by atoms with E-state index in [0.29, 0.717) is 25.3 Å². The molecule has 2 aromatic rings. The van der Waals surface area contributed by atoms with Gasteiger partial charge in [0.1, 0.15) is 17.7 Å². The standard InChI is InChI=1S/C18H22FN5O3/c1-14-17(24(26)27)13-23(20-14)7-6-18(25)22-10-8-21(9-11-22)12-15-2-4-16(19)5-3-15/h2-5,13H,6-12H2,1H3. The number of carbonyl (C=O) groups is 1. The van der Waals surface area contributed by atoms with Gasteiger partial charge in [-0.2, -0.15) is 5.10 Å². The van der Waals surface area contributed by atoms with Crippen molar-refractivity contribution in [2.75, 3.05) is 26.2 Å². The summed E-state index contributed by atoms with van der Waals surface area (Å²) in [6.07, 6.45) is 1.62. The maximum absolute atomic E-state index is 13.0. The summed E-state index contributed by atoms with van der Waals surface area (Å²) < 4.78 is 14.4. The van der Waals surface area contributed by atoms with E-state index < -0.39 is 4.92 Å². The van der Waals surface area contributed by atoms with Crippen molar-refractivity contribution in [1.29, 1.82) is 0 Å². The molecule has 1 saturated heterocycles. The normalized spacial score (nSPS) is 15.1. The molecular weight excluding hydrogens is 353 g/mol. The first-order valence-electron chi connectivity index (χ1n) is 8.85. The van der Waals surface area contributed by atoms with Gasteiger partial charge in [0, 0.05) is 45.7 Å². The van der Waals surface area contributed by atoms with Crippen molar-refractivity contribution in [3.05, 3.63) is 57.7 Å². The minimum Gasteiger partial charge on any atom is -0.340 e. The van der Waals surface area contributed by atoms with Crippen molar-refractivity contribution in [1.82, 2.24) is 19.6 Å². The average Bonchev–Trinajstić information content (AvgIpc) is 3.03. The van der Waals surface area contributed by atoms with Crippen LogP contribution in [0.3, 0.4) is 0 Å². The molecule has 27 heavy (non-hydrogen) atoms. The highest BCUT2D eigenvalue weighted by Crippen LogP contribution is 2.16. The third-order valence-corrected chi connectivity index (χ3v) is 4.72. The predicted octanol–water partition coefficient (Wildman–Crippen LogP) is 1.97. The van der Waals surface area contributed by atoms with Crippen molar-refractivity contribution in [3.63, 3.8) is 0 Å². The first-order chi connectivity index (χ1) is 12.9. The fourth-order valence-electron chi connectivity index (χ4n) is 3.17. The Morgan fingerprint density at radius 1 is 1.22 bits per heavy atom. The number of benzene rings is 1. The summed E-state index contributed by atoms with van der Waals surface area (Å²) in [6.45, 7) is 5.43. The number of rotatable bonds is 6. The van der Waals surface area contributed by atoms with Crippen LogP contribution in [-0.2, 0) is 17.9 Å². The van der Waals surface area contributed by atoms with Gasteiger partial charge in [0.2, 0.25) is 5.91 Å². The Kier molecular flexibility index (Phi) is 5.80. The molecule has 0 radical (unpaired) electrons. The van der Waals surface area contributed by atoms with E-state index in [1.807, 2.05) is 4.90 Å². The highest BCUT2D eigenvalue weighted by molar-refractivity contribution is 5.76. The van der Waals surface area contributed by atoms with E-state index in [4.69, 9.17) is 0 Å². The van der Waals surface area contributed by atoms with Gasteiger partial charge < -0.3 is 4.90 Å². The van der Waals surface area contributed by atoms with Gasteiger partial charge in [0.25, 0.3) is 0 Å². The Bertz CT molecular complexity index is 813. The first-order valence-corrected chi connectivity index (χ1v) is 8.85. The molecule has 1 aromatic heterocycles. The molecule has 3 rings (SSSR count). The number of nitro groups is 1. The van der Waals surface area contributed by atoms with Gasteiger partial charge in [0.15, 0.2) is 0 Å². The summed E-state index contributed by atoms with van der Waals surface area (Å²) in [5.74, 6) is -0.223. The van der Waals surface area contributed by atoms with Crippen LogP contribution >= 0.6 is 0 Å². The highest BCUT2D eigenvalue weighted by atomic mass is 19.1. The minimum absolute atomic E-state index is 0.0206. The molecule has 0 atom stereocenters. The molecule has 0 N–H and O–H groups in total. The number of amides is 1. The zero-order valence-corrected chi connectivity index (χ0v) is 15.2. The molecule has 9 heteroatoms. The summed E-state index contributed by atoms with van der Waals surface area (Å²) >= 11 is 0. The molecule has 0 unspecified atom stereocenters. The predicted molar refractivity (Wildman–Crippen MR) is 96.5 cm³/mol. The summed E-state index contributed by atoms with van der Waals surface area (Å²) in [4.78, 5) is 26.8. The van der Waals surface area contributed by atoms with Gasteiger partial charge in [-0.25, -0.2) is 4.39 Å². The molecule has 0 spiro atoms. The number of halogens is 1. The molecule has 2 heterocycles. The monoisotopic (exact) mass is 375 g/mol. The van der Waals surface area contributed by atoms with Crippen LogP contribution in [0.2, 0.25) is 0 Å². The third-order valence-electron chi connectivity index (χ3n) is 4.72. The lowest BCUT2D eigenvalue weighted by Gasteiger charge is -2.34. The van der Waals surface area contributed by atoms with Crippen LogP contribution in [0.4, 0.5) is 10.1 Å². The number of aromatic nitrogens is 2.